The molecular weight excluding hydrogens is 372 g/mol. The van der Waals surface area contributed by atoms with E-state index < -0.39 is 0 Å². The largest absolute Gasteiger partial charge is 0.0807 e. The molecule has 1 aliphatic rings. The van der Waals surface area contributed by atoms with Crippen LogP contribution < -0.4 is 0 Å². The highest BCUT2D eigenvalue weighted by atomic mass is 14.2. The van der Waals surface area contributed by atoms with Crippen molar-refractivity contribution in [3.05, 3.63) is 113 Å². The van der Waals surface area contributed by atoms with Crippen LogP contribution in [0.4, 0.5) is 0 Å². The Morgan fingerprint density at radius 3 is 2.55 bits per heavy atom. The summed E-state index contributed by atoms with van der Waals surface area (Å²) in [6.07, 6.45) is 6.78. The average Bonchev–Trinajstić information content (AvgIpc) is 2.78. The van der Waals surface area contributed by atoms with Crippen molar-refractivity contribution in [2.75, 3.05) is 0 Å². The van der Waals surface area contributed by atoms with Crippen LogP contribution >= 0.6 is 0 Å². The molecule has 0 amide bonds. The predicted octanol–water partition coefficient (Wildman–Crippen LogP) is 8.25. The van der Waals surface area contributed by atoms with E-state index >= 15 is 0 Å². The lowest BCUT2D eigenvalue weighted by Crippen LogP contribution is -2.03. The molecule has 0 heterocycles. The van der Waals surface area contributed by atoms with Crippen LogP contribution in [0.5, 0.6) is 0 Å². The van der Waals surface area contributed by atoms with Crippen molar-refractivity contribution < 1.29 is 0 Å². The SMILES string of the molecule is Cc1ccc2c(Cc3ccc4ccc5c(c4c3)C=CC(C)C5)cc3ccccc3c2c1. The number of aryl methyl sites for hydroxylation is 1. The fraction of sp³-hybridized carbons (Fsp3) is 0.161. The van der Waals surface area contributed by atoms with Gasteiger partial charge in [-0.25, -0.2) is 0 Å². The van der Waals surface area contributed by atoms with Crippen LogP contribution in [0.15, 0.2) is 84.9 Å². The monoisotopic (exact) mass is 398 g/mol. The molecule has 0 radical (unpaired) electrons. The molecular formula is C31H26. The number of fused-ring (bicyclic) bond motifs is 6. The quantitative estimate of drug-likeness (QED) is 0.263. The molecule has 0 nitrogen and oxygen atoms in total. The second kappa shape index (κ2) is 7.10. The third-order valence-electron chi connectivity index (χ3n) is 6.85. The minimum Gasteiger partial charge on any atom is -0.0807 e. The highest BCUT2D eigenvalue weighted by Crippen LogP contribution is 2.33. The topological polar surface area (TPSA) is 0 Å². The minimum atomic E-state index is 0.626. The Labute approximate surface area is 183 Å². The van der Waals surface area contributed by atoms with Crippen molar-refractivity contribution in [2.45, 2.75) is 26.7 Å². The van der Waals surface area contributed by atoms with Crippen LogP contribution in [0.2, 0.25) is 0 Å². The van der Waals surface area contributed by atoms with Gasteiger partial charge in [0.05, 0.1) is 0 Å². The lowest BCUT2D eigenvalue weighted by atomic mass is 9.86. The number of benzene rings is 5. The first-order valence-electron chi connectivity index (χ1n) is 11.3. The van der Waals surface area contributed by atoms with Crippen molar-refractivity contribution >= 4 is 38.4 Å². The van der Waals surface area contributed by atoms with Gasteiger partial charge in [-0.2, -0.15) is 0 Å². The molecule has 1 unspecified atom stereocenters. The number of hydrogen-bond acceptors (Lipinski definition) is 0. The smallest absolute Gasteiger partial charge is 0.00192 e. The number of rotatable bonds is 2. The van der Waals surface area contributed by atoms with Crippen molar-refractivity contribution in [2.24, 2.45) is 5.92 Å². The van der Waals surface area contributed by atoms with Gasteiger partial charge in [0.2, 0.25) is 0 Å². The van der Waals surface area contributed by atoms with E-state index in [1.54, 1.807) is 0 Å². The summed E-state index contributed by atoms with van der Waals surface area (Å²) in [6.45, 7) is 4.48. The van der Waals surface area contributed by atoms with E-state index in [1.807, 2.05) is 0 Å². The van der Waals surface area contributed by atoms with Gasteiger partial charge in [0.15, 0.2) is 0 Å². The Morgan fingerprint density at radius 2 is 1.61 bits per heavy atom. The van der Waals surface area contributed by atoms with Gasteiger partial charge in [-0.3, -0.25) is 0 Å². The van der Waals surface area contributed by atoms with E-state index in [4.69, 9.17) is 0 Å². The van der Waals surface area contributed by atoms with E-state index in [-0.39, 0.29) is 0 Å². The maximum absolute atomic E-state index is 2.42. The number of hydrogen-bond donors (Lipinski definition) is 0. The van der Waals surface area contributed by atoms with Gasteiger partial charge < -0.3 is 0 Å². The second-order valence-corrected chi connectivity index (χ2v) is 9.22. The summed E-state index contributed by atoms with van der Waals surface area (Å²) in [5, 5.41) is 8.12. The first-order chi connectivity index (χ1) is 15.2. The van der Waals surface area contributed by atoms with Crippen LogP contribution in [-0.2, 0) is 12.8 Å². The van der Waals surface area contributed by atoms with Gasteiger partial charge in [0.25, 0.3) is 0 Å². The minimum absolute atomic E-state index is 0.626. The molecule has 150 valence electrons. The molecule has 0 saturated heterocycles. The first-order valence-corrected chi connectivity index (χ1v) is 11.3. The van der Waals surface area contributed by atoms with Crippen molar-refractivity contribution in [1.82, 2.24) is 0 Å². The average molecular weight is 399 g/mol. The zero-order valence-corrected chi connectivity index (χ0v) is 18.2. The Hall–Kier alpha value is -3.38. The maximum Gasteiger partial charge on any atom is -0.00192 e. The molecule has 0 bridgehead atoms. The van der Waals surface area contributed by atoms with E-state index in [0.29, 0.717) is 5.92 Å². The third-order valence-corrected chi connectivity index (χ3v) is 6.85. The summed E-state index contributed by atoms with van der Waals surface area (Å²) in [6, 6.07) is 29.7. The zero-order chi connectivity index (χ0) is 20.9. The van der Waals surface area contributed by atoms with Crippen molar-refractivity contribution in [3.8, 4) is 0 Å². The number of allylic oxidation sites excluding steroid dienone is 1. The van der Waals surface area contributed by atoms with Crippen LogP contribution in [0.1, 0.15) is 34.7 Å². The fourth-order valence-corrected chi connectivity index (χ4v) is 5.26. The van der Waals surface area contributed by atoms with E-state index in [2.05, 4.69) is 105 Å². The maximum atomic E-state index is 2.42. The van der Waals surface area contributed by atoms with Crippen LogP contribution in [-0.4, -0.2) is 0 Å². The first kappa shape index (κ1) is 18.4. The van der Waals surface area contributed by atoms with E-state index in [9.17, 15) is 0 Å². The fourth-order valence-electron chi connectivity index (χ4n) is 5.26. The Balaban J connectivity index is 1.52. The summed E-state index contributed by atoms with van der Waals surface area (Å²) in [5.41, 5.74) is 6.99. The molecule has 31 heavy (non-hydrogen) atoms. The Kier molecular flexibility index (Phi) is 4.21. The summed E-state index contributed by atoms with van der Waals surface area (Å²) < 4.78 is 0. The van der Waals surface area contributed by atoms with Gasteiger partial charge in [-0.1, -0.05) is 104 Å². The normalized spacial score (nSPS) is 15.6. The third kappa shape index (κ3) is 3.15. The highest BCUT2D eigenvalue weighted by Gasteiger charge is 2.14. The molecule has 0 heteroatoms. The van der Waals surface area contributed by atoms with Gasteiger partial charge >= 0.3 is 0 Å². The summed E-state index contributed by atoms with van der Waals surface area (Å²) in [7, 11) is 0. The molecule has 0 aliphatic heterocycles. The molecule has 0 saturated carbocycles. The Morgan fingerprint density at radius 1 is 0.742 bits per heavy atom. The lowest BCUT2D eigenvalue weighted by Gasteiger charge is -2.18. The molecule has 5 aromatic rings. The molecule has 1 atom stereocenters. The molecule has 0 N–H and O–H groups in total. The lowest BCUT2D eigenvalue weighted by molar-refractivity contribution is 0.718. The Bertz CT molecular complexity index is 1500. The van der Waals surface area contributed by atoms with E-state index in [1.165, 1.54) is 60.1 Å². The summed E-state index contributed by atoms with van der Waals surface area (Å²) in [4.78, 5) is 0. The van der Waals surface area contributed by atoms with Gasteiger partial charge in [0.1, 0.15) is 0 Å². The van der Waals surface area contributed by atoms with Crippen LogP contribution in [0, 0.1) is 12.8 Å². The van der Waals surface area contributed by atoms with Crippen LogP contribution in [0.3, 0.4) is 0 Å². The summed E-state index contributed by atoms with van der Waals surface area (Å²) in [5.74, 6) is 0.626. The molecule has 1 aliphatic carbocycles. The van der Waals surface area contributed by atoms with Crippen molar-refractivity contribution in [1.29, 1.82) is 0 Å². The summed E-state index contributed by atoms with van der Waals surface area (Å²) >= 11 is 0. The molecule has 6 rings (SSSR count). The van der Waals surface area contributed by atoms with E-state index in [0.717, 1.165) is 12.8 Å². The van der Waals surface area contributed by atoms with Gasteiger partial charge in [-0.05, 0) is 80.3 Å². The van der Waals surface area contributed by atoms with Gasteiger partial charge in [-0.15, -0.1) is 0 Å². The predicted molar refractivity (Wildman–Crippen MR) is 135 cm³/mol. The molecule has 0 aromatic heterocycles. The highest BCUT2D eigenvalue weighted by molar-refractivity contribution is 6.09. The van der Waals surface area contributed by atoms with Gasteiger partial charge in [0, 0.05) is 0 Å². The van der Waals surface area contributed by atoms with Crippen molar-refractivity contribution in [3.63, 3.8) is 0 Å². The molecule has 0 fully saturated rings. The van der Waals surface area contributed by atoms with Crippen LogP contribution in [0.25, 0.3) is 38.4 Å². The second-order valence-electron chi connectivity index (χ2n) is 9.22. The zero-order valence-electron chi connectivity index (χ0n) is 18.2. The standard InChI is InChI=1S/C31H26/c1-20-7-13-28-25(15-20)12-11-23-10-9-22(18-30(23)28)17-26-19-24-5-3-4-6-27(24)31-16-21(2)8-14-29(26)31/h3-14,16,18-20H,15,17H2,1-2H3. The molecule has 5 aromatic carbocycles. The molecule has 0 spiro atoms.